The van der Waals surface area contributed by atoms with Crippen LogP contribution in [0.5, 0.6) is 17.2 Å². The molecular formula is C27H30O13. The molecule has 3 unspecified atom stereocenters. The highest BCUT2D eigenvalue weighted by molar-refractivity contribution is 5.88. The maximum atomic E-state index is 13.0. The third kappa shape index (κ3) is 5.02. The average molecular weight is 563 g/mol. The predicted molar refractivity (Wildman–Crippen MR) is 136 cm³/mol. The van der Waals surface area contributed by atoms with Crippen LogP contribution in [0.15, 0.2) is 45.6 Å². The standard InChI is InChI=1S/C27H30O13/c1-10-22(32)15(31)8-17(37-10)20-14(30)7-18-21(24(20)34)13(29)6-16(39-18)11-2-4-12(5-3-11)38-27-26(36)25(35)23(33)19(9-28)40-27/h2-7,10,15,17,19,22-23,25-28,30-36H,8-9H2,1H3/t10?,15-,17-,19?,22-,23-,25+,26?,27-/m1/s1. The van der Waals surface area contributed by atoms with Crippen LogP contribution in [0.2, 0.25) is 0 Å². The fourth-order valence-electron chi connectivity index (χ4n) is 5.01. The van der Waals surface area contributed by atoms with E-state index in [9.17, 15) is 45.6 Å². The lowest BCUT2D eigenvalue weighted by atomic mass is 9.92. The lowest BCUT2D eigenvalue weighted by Gasteiger charge is -2.39. The number of rotatable bonds is 5. The number of fused-ring (bicyclic) bond motifs is 1. The molecule has 5 rings (SSSR count). The van der Waals surface area contributed by atoms with Crippen LogP contribution in [0.3, 0.4) is 0 Å². The Balaban J connectivity index is 1.41. The number of aliphatic hydroxyl groups is 6. The summed E-state index contributed by atoms with van der Waals surface area (Å²) in [4.78, 5) is 13.0. The Morgan fingerprint density at radius 2 is 1.62 bits per heavy atom. The Labute approximate surface area is 226 Å². The van der Waals surface area contributed by atoms with Crippen molar-refractivity contribution in [3.8, 4) is 28.6 Å². The van der Waals surface area contributed by atoms with Crippen LogP contribution in [0.4, 0.5) is 0 Å². The van der Waals surface area contributed by atoms with Gasteiger partial charge >= 0.3 is 0 Å². The summed E-state index contributed by atoms with van der Waals surface area (Å²) in [6, 6.07) is 8.32. The molecule has 13 nitrogen and oxygen atoms in total. The van der Waals surface area contributed by atoms with Gasteiger partial charge in [0.15, 0.2) is 5.43 Å². The molecule has 0 saturated carbocycles. The van der Waals surface area contributed by atoms with E-state index in [0.717, 1.165) is 12.1 Å². The smallest absolute Gasteiger partial charge is 0.229 e. The molecule has 2 aliphatic rings. The van der Waals surface area contributed by atoms with Crippen LogP contribution in [0.25, 0.3) is 22.3 Å². The minimum absolute atomic E-state index is 0.0972. The van der Waals surface area contributed by atoms with Gasteiger partial charge in [0.1, 0.15) is 64.5 Å². The van der Waals surface area contributed by atoms with Crippen molar-refractivity contribution in [3.05, 3.63) is 52.2 Å². The molecule has 3 heterocycles. The lowest BCUT2D eigenvalue weighted by molar-refractivity contribution is -0.277. The summed E-state index contributed by atoms with van der Waals surface area (Å²) in [6.07, 6.45) is -11.4. The van der Waals surface area contributed by atoms with E-state index in [1.165, 1.54) is 31.2 Å². The first-order valence-corrected chi connectivity index (χ1v) is 12.6. The van der Waals surface area contributed by atoms with Crippen LogP contribution in [0, 0.1) is 0 Å². The molecule has 0 aliphatic carbocycles. The first-order chi connectivity index (χ1) is 19.0. The Bertz CT molecular complexity index is 1410. The molecule has 2 fully saturated rings. The number of ether oxygens (including phenoxy) is 3. The van der Waals surface area contributed by atoms with E-state index < -0.39 is 78.7 Å². The minimum atomic E-state index is -1.60. The Morgan fingerprint density at radius 3 is 2.27 bits per heavy atom. The zero-order chi connectivity index (χ0) is 28.9. The molecule has 3 aromatic rings. The fraction of sp³-hybridized carbons (Fsp3) is 0.444. The topological polar surface area (TPSA) is 220 Å². The van der Waals surface area contributed by atoms with Gasteiger partial charge in [0, 0.05) is 24.1 Å². The Hall–Kier alpha value is -3.27. The predicted octanol–water partition coefficient (Wildman–Crippen LogP) is -0.378. The molecule has 0 spiro atoms. The number of phenolic OH excluding ortho intramolecular Hbond substituents is 2. The van der Waals surface area contributed by atoms with Gasteiger partial charge in [0.2, 0.25) is 6.29 Å². The van der Waals surface area contributed by atoms with E-state index in [1.807, 2.05) is 0 Å². The number of benzene rings is 2. The van der Waals surface area contributed by atoms with Crippen molar-refractivity contribution in [1.29, 1.82) is 0 Å². The summed E-state index contributed by atoms with van der Waals surface area (Å²) in [5.74, 6) is -0.677. The number of phenols is 2. The van der Waals surface area contributed by atoms with Crippen molar-refractivity contribution in [2.75, 3.05) is 6.61 Å². The highest BCUT2D eigenvalue weighted by Gasteiger charge is 2.44. The van der Waals surface area contributed by atoms with Crippen LogP contribution in [-0.4, -0.2) is 96.5 Å². The molecule has 2 aliphatic heterocycles. The summed E-state index contributed by atoms with van der Waals surface area (Å²) in [6.45, 7) is 0.936. The molecule has 13 heteroatoms. The van der Waals surface area contributed by atoms with Crippen LogP contribution in [0.1, 0.15) is 25.0 Å². The number of aliphatic hydroxyl groups excluding tert-OH is 6. The van der Waals surface area contributed by atoms with E-state index in [4.69, 9.17) is 18.6 Å². The first-order valence-electron chi connectivity index (χ1n) is 12.6. The largest absolute Gasteiger partial charge is 0.507 e. The van der Waals surface area contributed by atoms with Gasteiger partial charge in [-0.2, -0.15) is 0 Å². The molecule has 0 radical (unpaired) electrons. The molecule has 2 saturated heterocycles. The van der Waals surface area contributed by atoms with Gasteiger partial charge in [0.25, 0.3) is 0 Å². The van der Waals surface area contributed by atoms with Crippen molar-refractivity contribution < 1.29 is 59.5 Å². The monoisotopic (exact) mass is 562 g/mol. The molecule has 216 valence electrons. The Kier molecular flexibility index (Phi) is 7.74. The normalized spacial score (nSPS) is 32.7. The van der Waals surface area contributed by atoms with E-state index in [1.54, 1.807) is 0 Å². The minimum Gasteiger partial charge on any atom is -0.507 e. The van der Waals surface area contributed by atoms with Gasteiger partial charge < -0.3 is 59.5 Å². The van der Waals surface area contributed by atoms with Crippen molar-refractivity contribution in [1.82, 2.24) is 0 Å². The molecule has 8 N–H and O–H groups in total. The van der Waals surface area contributed by atoms with Gasteiger partial charge in [-0.15, -0.1) is 0 Å². The lowest BCUT2D eigenvalue weighted by Crippen LogP contribution is -2.60. The van der Waals surface area contributed by atoms with Crippen LogP contribution in [-0.2, 0) is 9.47 Å². The van der Waals surface area contributed by atoms with Crippen LogP contribution < -0.4 is 10.2 Å². The summed E-state index contributed by atoms with van der Waals surface area (Å²) >= 11 is 0. The fourth-order valence-corrected chi connectivity index (χ4v) is 5.01. The number of hydrogen-bond acceptors (Lipinski definition) is 13. The summed E-state index contributed by atoms with van der Waals surface area (Å²) in [7, 11) is 0. The highest BCUT2D eigenvalue weighted by atomic mass is 16.7. The molecule has 0 amide bonds. The molecular weight excluding hydrogens is 532 g/mol. The Morgan fingerprint density at radius 1 is 0.925 bits per heavy atom. The zero-order valence-corrected chi connectivity index (χ0v) is 21.2. The second kappa shape index (κ2) is 11.0. The molecule has 1 aromatic heterocycles. The molecule has 9 atom stereocenters. The SMILES string of the molecule is CC1O[C@@H](c2c(O)cc3oc(-c4ccc(O[C@@H]5OC(CO)[C@@H](O)[C@H](O)C5O)cc4)cc(=O)c3c2O)C[C@@H](O)[C@@H]1O. The molecule has 2 aromatic carbocycles. The maximum Gasteiger partial charge on any atom is 0.229 e. The third-order valence-corrected chi connectivity index (χ3v) is 7.28. The quantitative estimate of drug-likeness (QED) is 0.199. The van der Waals surface area contributed by atoms with Crippen molar-refractivity contribution in [2.24, 2.45) is 0 Å². The van der Waals surface area contributed by atoms with Crippen molar-refractivity contribution >= 4 is 11.0 Å². The van der Waals surface area contributed by atoms with Crippen molar-refractivity contribution in [3.63, 3.8) is 0 Å². The van der Waals surface area contributed by atoms with Gasteiger partial charge in [0.05, 0.1) is 30.5 Å². The van der Waals surface area contributed by atoms with Crippen LogP contribution >= 0.6 is 0 Å². The van der Waals surface area contributed by atoms with E-state index in [2.05, 4.69) is 0 Å². The van der Waals surface area contributed by atoms with E-state index >= 15 is 0 Å². The summed E-state index contributed by atoms with van der Waals surface area (Å²) in [5, 5.41) is 80.8. The highest BCUT2D eigenvalue weighted by Crippen LogP contribution is 2.44. The first kappa shape index (κ1) is 28.3. The summed E-state index contributed by atoms with van der Waals surface area (Å²) in [5.41, 5.74) is -0.391. The van der Waals surface area contributed by atoms with E-state index in [0.29, 0.717) is 5.56 Å². The maximum absolute atomic E-state index is 13.0. The van der Waals surface area contributed by atoms with E-state index in [-0.39, 0.29) is 34.5 Å². The van der Waals surface area contributed by atoms with Gasteiger partial charge in [-0.25, -0.2) is 0 Å². The molecule has 0 bridgehead atoms. The van der Waals surface area contributed by atoms with Gasteiger partial charge in [-0.3, -0.25) is 4.79 Å². The summed E-state index contributed by atoms with van der Waals surface area (Å²) < 4.78 is 22.4. The number of hydrogen-bond donors (Lipinski definition) is 8. The molecule has 40 heavy (non-hydrogen) atoms. The second-order valence-corrected chi connectivity index (χ2v) is 9.97. The zero-order valence-electron chi connectivity index (χ0n) is 21.2. The van der Waals surface area contributed by atoms with Gasteiger partial charge in [-0.1, -0.05) is 0 Å². The average Bonchev–Trinajstić information content (AvgIpc) is 2.91. The second-order valence-electron chi connectivity index (χ2n) is 9.97. The number of aromatic hydroxyl groups is 2. The third-order valence-electron chi connectivity index (χ3n) is 7.28. The van der Waals surface area contributed by atoms with Gasteiger partial charge in [-0.05, 0) is 31.2 Å². The van der Waals surface area contributed by atoms with Crippen molar-refractivity contribution in [2.45, 2.75) is 68.5 Å².